The highest BCUT2D eigenvalue weighted by Crippen LogP contribution is 2.61. The van der Waals surface area contributed by atoms with Gasteiger partial charge in [-0.15, -0.1) is 0 Å². The van der Waals surface area contributed by atoms with Gasteiger partial charge in [0.2, 0.25) is 0 Å². The van der Waals surface area contributed by atoms with Crippen LogP contribution in [0.2, 0.25) is 0 Å². The molecular formula is C22H18F13NO. The van der Waals surface area contributed by atoms with Gasteiger partial charge in [0.1, 0.15) is 5.60 Å². The zero-order valence-electron chi connectivity index (χ0n) is 18.7. The van der Waals surface area contributed by atoms with Gasteiger partial charge in [0, 0.05) is 19.8 Å². The molecule has 208 valence electrons. The van der Waals surface area contributed by atoms with E-state index < -0.39 is 58.9 Å². The van der Waals surface area contributed by atoms with Crippen molar-refractivity contribution in [2.45, 2.75) is 47.8 Å². The summed E-state index contributed by atoms with van der Waals surface area (Å²) in [5.41, 5.74) is -4.42. The zero-order valence-corrected chi connectivity index (χ0v) is 18.7. The van der Waals surface area contributed by atoms with Gasteiger partial charge in [-0.05, 0) is 23.3 Å². The fourth-order valence-electron chi connectivity index (χ4n) is 3.36. The third kappa shape index (κ3) is 4.81. The molecule has 0 spiro atoms. The Kier molecular flexibility index (Phi) is 7.62. The lowest BCUT2D eigenvalue weighted by Gasteiger charge is -2.42. The fraction of sp³-hybridized carbons (Fsp3) is 0.455. The molecule has 2 nitrogen and oxygen atoms in total. The molecule has 0 aliphatic heterocycles. The SMILES string of the molecule is CN(C)c1cccc(C(O)(CC(F)(F)C(F)(F)C(F)(F)C(F)(F)C(F)(F)C(F)(F)F)c2ccccc2)c1. The van der Waals surface area contributed by atoms with Crippen molar-refractivity contribution in [1.29, 1.82) is 0 Å². The third-order valence-electron chi connectivity index (χ3n) is 5.57. The Bertz CT molecular complexity index is 1080. The van der Waals surface area contributed by atoms with E-state index in [1.165, 1.54) is 31.1 Å². The first-order chi connectivity index (χ1) is 16.5. The van der Waals surface area contributed by atoms with Gasteiger partial charge in [0.15, 0.2) is 0 Å². The number of anilines is 1. The van der Waals surface area contributed by atoms with Crippen molar-refractivity contribution in [2.24, 2.45) is 0 Å². The second kappa shape index (κ2) is 9.24. The summed E-state index contributed by atoms with van der Waals surface area (Å²) in [6.07, 6.45) is -10.3. The molecule has 0 heterocycles. The molecule has 0 bridgehead atoms. The van der Waals surface area contributed by atoms with Crippen LogP contribution in [0.5, 0.6) is 0 Å². The molecule has 0 amide bonds. The molecule has 0 saturated heterocycles. The molecule has 2 rings (SSSR count). The third-order valence-corrected chi connectivity index (χ3v) is 5.57. The summed E-state index contributed by atoms with van der Waals surface area (Å²) in [5, 5.41) is 11.1. The molecule has 1 atom stereocenters. The Morgan fingerprint density at radius 1 is 0.595 bits per heavy atom. The Hall–Kier alpha value is -2.71. The molecule has 0 fully saturated rings. The van der Waals surface area contributed by atoms with Gasteiger partial charge >= 0.3 is 35.8 Å². The van der Waals surface area contributed by atoms with Crippen molar-refractivity contribution in [3.63, 3.8) is 0 Å². The average molecular weight is 559 g/mol. The van der Waals surface area contributed by atoms with Gasteiger partial charge in [-0.1, -0.05) is 42.5 Å². The molecule has 2 aromatic carbocycles. The number of benzene rings is 2. The van der Waals surface area contributed by atoms with E-state index >= 15 is 0 Å². The predicted octanol–water partition coefficient (Wildman–Crippen LogP) is 7.12. The lowest BCUT2D eigenvalue weighted by molar-refractivity contribution is -0.441. The highest BCUT2D eigenvalue weighted by molar-refractivity contribution is 5.50. The van der Waals surface area contributed by atoms with Crippen LogP contribution in [0.3, 0.4) is 0 Å². The molecule has 2 aromatic rings. The van der Waals surface area contributed by atoms with E-state index in [-0.39, 0.29) is 5.69 Å². The summed E-state index contributed by atoms with van der Waals surface area (Å²) in [4.78, 5) is 1.36. The highest BCUT2D eigenvalue weighted by Gasteiger charge is 2.90. The first-order valence-corrected chi connectivity index (χ1v) is 9.99. The van der Waals surface area contributed by atoms with Crippen molar-refractivity contribution >= 4 is 5.69 Å². The minimum atomic E-state index is -8.01. The summed E-state index contributed by atoms with van der Waals surface area (Å²) in [5.74, 6) is -37.8. The number of hydrogen-bond acceptors (Lipinski definition) is 2. The van der Waals surface area contributed by atoms with Crippen LogP contribution in [0, 0.1) is 0 Å². The molecule has 0 aromatic heterocycles. The van der Waals surface area contributed by atoms with E-state index in [1.54, 1.807) is 0 Å². The lowest BCUT2D eigenvalue weighted by atomic mass is 9.78. The van der Waals surface area contributed by atoms with Gasteiger partial charge < -0.3 is 10.0 Å². The average Bonchev–Trinajstić information content (AvgIpc) is 2.78. The second-order valence-corrected chi connectivity index (χ2v) is 8.35. The Labute approximate surface area is 201 Å². The number of aliphatic hydroxyl groups is 1. The second-order valence-electron chi connectivity index (χ2n) is 8.35. The maximum Gasteiger partial charge on any atom is 0.460 e. The molecule has 0 aliphatic rings. The van der Waals surface area contributed by atoms with Crippen LogP contribution in [-0.2, 0) is 5.60 Å². The predicted molar refractivity (Wildman–Crippen MR) is 106 cm³/mol. The molecule has 15 heteroatoms. The van der Waals surface area contributed by atoms with Crippen LogP contribution >= 0.6 is 0 Å². The minimum absolute atomic E-state index is 0.170. The van der Waals surface area contributed by atoms with E-state index in [4.69, 9.17) is 0 Å². The molecule has 1 N–H and O–H groups in total. The first-order valence-electron chi connectivity index (χ1n) is 9.99. The summed E-state index contributed by atoms with van der Waals surface area (Å²) >= 11 is 0. The van der Waals surface area contributed by atoms with Gasteiger partial charge in [-0.2, -0.15) is 57.1 Å². The number of nitrogens with zero attached hydrogens (tertiary/aromatic N) is 1. The maximum absolute atomic E-state index is 14.8. The lowest BCUT2D eigenvalue weighted by Crippen LogP contribution is -2.70. The van der Waals surface area contributed by atoms with Crippen LogP contribution in [0.4, 0.5) is 62.8 Å². The van der Waals surface area contributed by atoms with E-state index in [1.807, 2.05) is 0 Å². The fourth-order valence-corrected chi connectivity index (χ4v) is 3.36. The van der Waals surface area contributed by atoms with Crippen molar-refractivity contribution in [1.82, 2.24) is 0 Å². The summed E-state index contributed by atoms with van der Waals surface area (Å²) in [6, 6.07) is 9.64. The maximum atomic E-state index is 14.8. The van der Waals surface area contributed by atoms with E-state index in [0.29, 0.717) is 0 Å². The van der Waals surface area contributed by atoms with Crippen molar-refractivity contribution in [2.75, 3.05) is 19.0 Å². The highest BCUT2D eigenvalue weighted by atomic mass is 19.4. The van der Waals surface area contributed by atoms with E-state index in [9.17, 15) is 62.2 Å². The van der Waals surface area contributed by atoms with Crippen LogP contribution in [-0.4, -0.2) is 55.0 Å². The van der Waals surface area contributed by atoms with Crippen LogP contribution < -0.4 is 4.90 Å². The quantitative estimate of drug-likeness (QED) is 0.331. The van der Waals surface area contributed by atoms with E-state index in [0.717, 1.165) is 42.5 Å². The van der Waals surface area contributed by atoms with Crippen LogP contribution in [0.15, 0.2) is 54.6 Å². The number of hydrogen-bond donors (Lipinski definition) is 1. The molecule has 1 unspecified atom stereocenters. The number of rotatable bonds is 9. The largest absolute Gasteiger partial charge is 0.460 e. The van der Waals surface area contributed by atoms with E-state index in [2.05, 4.69) is 0 Å². The molecular weight excluding hydrogens is 541 g/mol. The summed E-state index contributed by atoms with van der Waals surface area (Å²) in [7, 11) is 2.87. The van der Waals surface area contributed by atoms with Crippen LogP contribution in [0.1, 0.15) is 17.5 Å². The Morgan fingerprint density at radius 2 is 1.05 bits per heavy atom. The van der Waals surface area contributed by atoms with Gasteiger partial charge in [-0.3, -0.25) is 0 Å². The topological polar surface area (TPSA) is 23.5 Å². The van der Waals surface area contributed by atoms with Crippen molar-refractivity contribution in [3.8, 4) is 0 Å². The van der Waals surface area contributed by atoms with Gasteiger partial charge in [0.25, 0.3) is 0 Å². The summed E-state index contributed by atoms with van der Waals surface area (Å²) < 4.78 is 177. The monoisotopic (exact) mass is 559 g/mol. The molecule has 0 aliphatic carbocycles. The Morgan fingerprint density at radius 3 is 1.51 bits per heavy atom. The first kappa shape index (κ1) is 30.5. The van der Waals surface area contributed by atoms with Crippen molar-refractivity contribution < 1.29 is 62.2 Å². The normalized spacial score (nSPS) is 15.9. The summed E-state index contributed by atoms with van der Waals surface area (Å²) in [6.45, 7) is 0. The minimum Gasteiger partial charge on any atom is -0.380 e. The zero-order chi connectivity index (χ0) is 28.9. The molecule has 37 heavy (non-hydrogen) atoms. The van der Waals surface area contributed by atoms with Crippen molar-refractivity contribution in [3.05, 3.63) is 65.7 Å². The standard InChI is InChI=1S/C22H18F13NO/c1-36(2)15-10-6-9-14(11-15)16(37,13-7-4-3-5-8-13)12-17(23,24)18(25,26)19(27,28)20(29,30)21(31,32)22(33,34)35/h3-11,37H,12H2,1-2H3. The molecule has 0 radical (unpaired) electrons. The number of alkyl halides is 13. The number of halogens is 13. The van der Waals surface area contributed by atoms with Gasteiger partial charge in [-0.25, -0.2) is 0 Å². The smallest absolute Gasteiger partial charge is 0.380 e. The Balaban J connectivity index is 2.70. The molecule has 0 saturated carbocycles. The van der Waals surface area contributed by atoms with Crippen LogP contribution in [0.25, 0.3) is 0 Å². The van der Waals surface area contributed by atoms with Gasteiger partial charge in [0.05, 0.1) is 6.42 Å².